The SMILES string of the molecule is CCCCC(=O)CCCCCc1ccc(NC(=O)[C@H]2NCC[C@@H]2O)cc1. The highest BCUT2D eigenvalue weighted by molar-refractivity contribution is 5.95. The van der Waals surface area contributed by atoms with Gasteiger partial charge in [0.1, 0.15) is 11.8 Å². The molecule has 3 N–H and O–H groups in total. The van der Waals surface area contributed by atoms with Gasteiger partial charge in [0.05, 0.1) is 6.10 Å². The van der Waals surface area contributed by atoms with Crippen LogP contribution in [0.15, 0.2) is 24.3 Å². The van der Waals surface area contributed by atoms with Crippen LogP contribution in [0.5, 0.6) is 0 Å². The van der Waals surface area contributed by atoms with Crippen molar-refractivity contribution >= 4 is 17.4 Å². The van der Waals surface area contributed by atoms with Gasteiger partial charge in [0.2, 0.25) is 5.91 Å². The van der Waals surface area contributed by atoms with Gasteiger partial charge < -0.3 is 15.7 Å². The Kier molecular flexibility index (Phi) is 8.78. The average molecular weight is 360 g/mol. The van der Waals surface area contributed by atoms with Crippen molar-refractivity contribution in [2.45, 2.75) is 76.9 Å². The summed E-state index contributed by atoms with van der Waals surface area (Å²) in [5, 5.41) is 15.6. The van der Waals surface area contributed by atoms with Crippen LogP contribution in [0.25, 0.3) is 0 Å². The van der Waals surface area contributed by atoms with Crippen molar-refractivity contribution in [1.29, 1.82) is 0 Å². The van der Waals surface area contributed by atoms with Crippen LogP contribution in [0.2, 0.25) is 0 Å². The molecule has 2 atom stereocenters. The number of amides is 1. The van der Waals surface area contributed by atoms with E-state index in [0.717, 1.165) is 50.6 Å². The molecule has 5 heteroatoms. The van der Waals surface area contributed by atoms with Gasteiger partial charge in [0, 0.05) is 18.5 Å². The summed E-state index contributed by atoms with van der Waals surface area (Å²) in [5.74, 6) is 0.212. The van der Waals surface area contributed by atoms with E-state index < -0.39 is 12.1 Å². The Balaban J connectivity index is 1.64. The smallest absolute Gasteiger partial charge is 0.244 e. The summed E-state index contributed by atoms with van der Waals surface area (Å²) < 4.78 is 0. The van der Waals surface area contributed by atoms with Crippen LogP contribution >= 0.6 is 0 Å². The molecule has 1 heterocycles. The van der Waals surface area contributed by atoms with E-state index in [1.807, 2.05) is 24.3 Å². The van der Waals surface area contributed by atoms with Crippen molar-refractivity contribution in [1.82, 2.24) is 5.32 Å². The summed E-state index contributed by atoms with van der Waals surface area (Å²) in [7, 11) is 0. The lowest BCUT2D eigenvalue weighted by Crippen LogP contribution is -2.42. The first-order valence-electron chi connectivity index (χ1n) is 9.93. The number of benzene rings is 1. The van der Waals surface area contributed by atoms with Crippen LogP contribution in [0.1, 0.15) is 63.9 Å². The molecule has 2 rings (SSSR count). The average Bonchev–Trinajstić information content (AvgIpc) is 3.07. The summed E-state index contributed by atoms with van der Waals surface area (Å²) in [6, 6.07) is 7.35. The number of hydrogen-bond acceptors (Lipinski definition) is 4. The zero-order chi connectivity index (χ0) is 18.8. The van der Waals surface area contributed by atoms with E-state index in [0.29, 0.717) is 25.2 Å². The number of aliphatic hydroxyl groups excluding tert-OH is 1. The number of unbranched alkanes of at least 4 members (excludes halogenated alkanes) is 3. The largest absolute Gasteiger partial charge is 0.391 e. The minimum Gasteiger partial charge on any atom is -0.391 e. The molecule has 1 aromatic carbocycles. The fourth-order valence-corrected chi connectivity index (χ4v) is 3.26. The van der Waals surface area contributed by atoms with Crippen molar-refractivity contribution in [2.24, 2.45) is 0 Å². The van der Waals surface area contributed by atoms with Gasteiger partial charge >= 0.3 is 0 Å². The zero-order valence-electron chi connectivity index (χ0n) is 15.8. The van der Waals surface area contributed by atoms with Crippen molar-refractivity contribution in [3.63, 3.8) is 0 Å². The summed E-state index contributed by atoms with van der Waals surface area (Å²) >= 11 is 0. The van der Waals surface area contributed by atoms with E-state index in [1.54, 1.807) is 0 Å². The number of Topliss-reactive ketones (excluding diaryl/α,β-unsaturated/α-hetero) is 1. The first-order chi connectivity index (χ1) is 12.6. The normalized spacial score (nSPS) is 19.5. The van der Waals surface area contributed by atoms with Gasteiger partial charge in [-0.1, -0.05) is 31.9 Å². The Hall–Kier alpha value is -1.72. The molecular weight excluding hydrogens is 328 g/mol. The predicted molar refractivity (Wildman–Crippen MR) is 104 cm³/mol. The molecule has 26 heavy (non-hydrogen) atoms. The van der Waals surface area contributed by atoms with E-state index >= 15 is 0 Å². The Morgan fingerprint density at radius 2 is 1.85 bits per heavy atom. The van der Waals surface area contributed by atoms with Crippen molar-refractivity contribution in [3.8, 4) is 0 Å². The van der Waals surface area contributed by atoms with E-state index in [4.69, 9.17) is 0 Å². The highest BCUT2D eigenvalue weighted by Crippen LogP contribution is 2.15. The molecule has 0 unspecified atom stereocenters. The van der Waals surface area contributed by atoms with Crippen molar-refractivity contribution < 1.29 is 14.7 Å². The maximum absolute atomic E-state index is 12.1. The molecule has 1 fully saturated rings. The fourth-order valence-electron chi connectivity index (χ4n) is 3.26. The standard InChI is InChI=1S/C21H32N2O3/c1-2-3-8-18(24)9-6-4-5-7-16-10-12-17(13-11-16)23-21(26)20-19(25)14-15-22-20/h10-13,19-20,22,25H,2-9,14-15H2,1H3,(H,23,26)/t19-,20-/m0/s1. The maximum Gasteiger partial charge on any atom is 0.244 e. The fraction of sp³-hybridized carbons (Fsp3) is 0.619. The second-order valence-electron chi connectivity index (χ2n) is 7.18. The van der Waals surface area contributed by atoms with E-state index in [1.165, 1.54) is 5.56 Å². The number of carbonyl (C=O) groups is 2. The Labute approximate surface area is 156 Å². The molecule has 1 amide bonds. The first kappa shape index (κ1) is 20.6. The molecule has 0 aliphatic carbocycles. The van der Waals surface area contributed by atoms with Crippen LogP contribution in [0, 0.1) is 0 Å². The quantitative estimate of drug-likeness (QED) is 0.530. The molecule has 0 aromatic heterocycles. The Morgan fingerprint density at radius 1 is 1.12 bits per heavy atom. The third-order valence-electron chi connectivity index (χ3n) is 4.92. The van der Waals surface area contributed by atoms with E-state index in [-0.39, 0.29) is 5.91 Å². The number of carbonyl (C=O) groups excluding carboxylic acids is 2. The minimum atomic E-state index is -0.608. The molecule has 1 aliphatic heterocycles. The highest BCUT2D eigenvalue weighted by Gasteiger charge is 2.30. The molecule has 1 aromatic rings. The minimum absolute atomic E-state index is 0.185. The van der Waals surface area contributed by atoms with Gasteiger partial charge in [-0.15, -0.1) is 0 Å². The van der Waals surface area contributed by atoms with Gasteiger partial charge in [0.25, 0.3) is 0 Å². The molecule has 0 spiro atoms. The topological polar surface area (TPSA) is 78.4 Å². The van der Waals surface area contributed by atoms with Crippen molar-refractivity contribution in [3.05, 3.63) is 29.8 Å². The Bertz CT molecular complexity index is 571. The van der Waals surface area contributed by atoms with Crippen LogP contribution in [0.4, 0.5) is 5.69 Å². The summed E-state index contributed by atoms with van der Waals surface area (Å²) in [5.41, 5.74) is 1.99. The first-order valence-corrected chi connectivity index (χ1v) is 9.93. The van der Waals surface area contributed by atoms with Crippen LogP contribution in [0.3, 0.4) is 0 Å². The lowest BCUT2D eigenvalue weighted by Gasteiger charge is -2.14. The van der Waals surface area contributed by atoms with Gasteiger partial charge in [-0.3, -0.25) is 9.59 Å². The summed E-state index contributed by atoms with van der Waals surface area (Å²) in [4.78, 5) is 23.7. The highest BCUT2D eigenvalue weighted by atomic mass is 16.3. The lowest BCUT2D eigenvalue weighted by molar-refractivity contribution is -0.120. The molecule has 1 aliphatic rings. The van der Waals surface area contributed by atoms with E-state index in [9.17, 15) is 14.7 Å². The third-order valence-corrected chi connectivity index (χ3v) is 4.92. The molecule has 144 valence electrons. The number of ketones is 1. The lowest BCUT2D eigenvalue weighted by atomic mass is 10.0. The number of hydrogen-bond donors (Lipinski definition) is 3. The van der Waals surface area contributed by atoms with Crippen LogP contribution in [-0.4, -0.2) is 35.5 Å². The number of aliphatic hydroxyl groups is 1. The molecule has 0 saturated carbocycles. The monoisotopic (exact) mass is 360 g/mol. The number of rotatable bonds is 11. The number of nitrogens with one attached hydrogen (secondary N) is 2. The second-order valence-corrected chi connectivity index (χ2v) is 7.18. The Morgan fingerprint density at radius 3 is 2.50 bits per heavy atom. The molecule has 0 bridgehead atoms. The second kappa shape index (κ2) is 11.1. The van der Waals surface area contributed by atoms with Gasteiger partial charge in [-0.2, -0.15) is 0 Å². The summed E-state index contributed by atoms with van der Waals surface area (Å²) in [6.07, 6.45) is 7.66. The number of aryl methyl sites for hydroxylation is 1. The molecular formula is C21H32N2O3. The van der Waals surface area contributed by atoms with E-state index in [2.05, 4.69) is 17.6 Å². The van der Waals surface area contributed by atoms with Crippen molar-refractivity contribution in [2.75, 3.05) is 11.9 Å². The van der Waals surface area contributed by atoms with Gasteiger partial charge in [-0.05, 0) is 56.3 Å². The third kappa shape index (κ3) is 6.89. The van der Waals surface area contributed by atoms with Gasteiger partial charge in [-0.25, -0.2) is 0 Å². The van der Waals surface area contributed by atoms with Crippen LogP contribution in [-0.2, 0) is 16.0 Å². The molecule has 5 nitrogen and oxygen atoms in total. The molecule has 0 radical (unpaired) electrons. The molecule has 1 saturated heterocycles. The maximum atomic E-state index is 12.1. The predicted octanol–water partition coefficient (Wildman–Crippen LogP) is 3.21. The summed E-state index contributed by atoms with van der Waals surface area (Å²) in [6.45, 7) is 2.78. The van der Waals surface area contributed by atoms with Gasteiger partial charge in [0.15, 0.2) is 0 Å². The zero-order valence-corrected chi connectivity index (χ0v) is 15.8. The van der Waals surface area contributed by atoms with Crippen LogP contribution < -0.4 is 10.6 Å². The number of anilines is 1.